The number of methoxy groups -OCH3 is 1. The number of aryl methyl sites for hydroxylation is 2. The van der Waals surface area contributed by atoms with Crippen molar-refractivity contribution < 1.29 is 18.8 Å². The van der Waals surface area contributed by atoms with Crippen molar-refractivity contribution in [2.45, 2.75) is 26.5 Å². The molecule has 170 valence electrons. The predicted molar refractivity (Wildman–Crippen MR) is 125 cm³/mol. The Kier molecular flexibility index (Phi) is 7.99. The monoisotopic (exact) mass is 485 g/mol. The minimum atomic E-state index is -0.942. The van der Waals surface area contributed by atoms with Crippen LogP contribution in [0.3, 0.4) is 0 Å². The molecule has 3 aromatic rings. The van der Waals surface area contributed by atoms with Crippen molar-refractivity contribution >= 4 is 35.2 Å². The molecular weight excluding hydrogens is 465 g/mol. The molecule has 0 spiro atoms. The zero-order chi connectivity index (χ0) is 24.0. The van der Waals surface area contributed by atoms with Gasteiger partial charge in [0.1, 0.15) is 18.4 Å². The molecular formula is C24H21Cl2N3O4. The van der Waals surface area contributed by atoms with Crippen LogP contribution >= 0.6 is 23.2 Å². The van der Waals surface area contributed by atoms with E-state index in [9.17, 15) is 10.1 Å². The third-order valence-electron chi connectivity index (χ3n) is 4.88. The van der Waals surface area contributed by atoms with E-state index in [2.05, 4.69) is 10.5 Å². The molecule has 1 heterocycles. The SMILES string of the molecule is COc1cc(C=CC(=O)NC(C#N)c2cccc(Cl)c2Cl)ccc1OCc1c(C)noc1C. The summed E-state index contributed by atoms with van der Waals surface area (Å²) in [6.45, 7) is 3.96. The molecule has 7 nitrogen and oxygen atoms in total. The smallest absolute Gasteiger partial charge is 0.245 e. The van der Waals surface area contributed by atoms with Crippen molar-refractivity contribution in [2.75, 3.05) is 7.11 Å². The van der Waals surface area contributed by atoms with Gasteiger partial charge in [0.25, 0.3) is 0 Å². The van der Waals surface area contributed by atoms with Crippen LogP contribution in [-0.4, -0.2) is 18.2 Å². The third-order valence-corrected chi connectivity index (χ3v) is 5.71. The van der Waals surface area contributed by atoms with Gasteiger partial charge >= 0.3 is 0 Å². The maximum Gasteiger partial charge on any atom is 0.245 e. The summed E-state index contributed by atoms with van der Waals surface area (Å²) in [7, 11) is 1.53. The van der Waals surface area contributed by atoms with Gasteiger partial charge in [0.15, 0.2) is 11.5 Å². The van der Waals surface area contributed by atoms with E-state index < -0.39 is 11.9 Å². The third kappa shape index (κ3) is 5.86. The van der Waals surface area contributed by atoms with Gasteiger partial charge in [-0.15, -0.1) is 0 Å². The average Bonchev–Trinajstić information content (AvgIpc) is 3.14. The number of carbonyl (C=O) groups is 1. The van der Waals surface area contributed by atoms with E-state index >= 15 is 0 Å². The predicted octanol–water partition coefficient (Wildman–Crippen LogP) is 5.58. The van der Waals surface area contributed by atoms with Gasteiger partial charge in [0.2, 0.25) is 5.91 Å². The average molecular weight is 486 g/mol. The molecule has 1 N–H and O–H groups in total. The number of hydrogen-bond donors (Lipinski definition) is 1. The van der Waals surface area contributed by atoms with Gasteiger partial charge in [-0.05, 0) is 43.7 Å². The summed E-state index contributed by atoms with van der Waals surface area (Å²) in [4.78, 5) is 12.4. The van der Waals surface area contributed by atoms with E-state index in [0.717, 1.165) is 11.3 Å². The van der Waals surface area contributed by atoms with Crippen molar-refractivity contribution in [3.63, 3.8) is 0 Å². The van der Waals surface area contributed by atoms with Gasteiger partial charge < -0.3 is 19.3 Å². The lowest BCUT2D eigenvalue weighted by molar-refractivity contribution is -0.116. The van der Waals surface area contributed by atoms with E-state index in [4.69, 9.17) is 37.2 Å². The van der Waals surface area contributed by atoms with Gasteiger partial charge in [-0.1, -0.05) is 46.6 Å². The van der Waals surface area contributed by atoms with E-state index in [-0.39, 0.29) is 11.6 Å². The van der Waals surface area contributed by atoms with Crippen molar-refractivity contribution in [3.8, 4) is 17.6 Å². The fraction of sp³-hybridized carbons (Fsp3) is 0.208. The Balaban J connectivity index is 1.68. The maximum absolute atomic E-state index is 12.4. The normalized spacial score (nSPS) is 11.8. The Morgan fingerprint density at radius 3 is 2.73 bits per heavy atom. The Morgan fingerprint density at radius 2 is 2.06 bits per heavy atom. The van der Waals surface area contributed by atoms with E-state index in [1.807, 2.05) is 19.9 Å². The molecule has 0 aliphatic heterocycles. The summed E-state index contributed by atoms with van der Waals surface area (Å²) in [5.74, 6) is 1.28. The molecule has 0 saturated heterocycles. The van der Waals surface area contributed by atoms with Crippen molar-refractivity contribution in [2.24, 2.45) is 0 Å². The molecule has 2 aromatic carbocycles. The Labute approximate surface area is 201 Å². The number of halogens is 2. The molecule has 1 unspecified atom stereocenters. The van der Waals surface area contributed by atoms with Gasteiger partial charge in [-0.3, -0.25) is 4.79 Å². The maximum atomic E-state index is 12.4. The first kappa shape index (κ1) is 24.2. The van der Waals surface area contributed by atoms with E-state index in [0.29, 0.717) is 33.4 Å². The Bertz CT molecular complexity index is 1210. The molecule has 1 amide bonds. The first-order chi connectivity index (χ1) is 15.8. The van der Waals surface area contributed by atoms with Crippen molar-refractivity contribution in [1.82, 2.24) is 10.5 Å². The second kappa shape index (κ2) is 10.9. The van der Waals surface area contributed by atoms with Crippen LogP contribution < -0.4 is 14.8 Å². The van der Waals surface area contributed by atoms with Crippen LogP contribution in [0.4, 0.5) is 0 Å². The standard InChI is InChI=1S/C24H21Cl2N3O4/c1-14-18(15(2)33-29-14)13-32-21-9-7-16(11-22(21)31-3)8-10-23(30)28-20(12-27)17-5-4-6-19(25)24(17)26/h4-11,20H,13H2,1-3H3,(H,28,30). The van der Waals surface area contributed by atoms with Crippen LogP contribution in [0.5, 0.6) is 11.5 Å². The van der Waals surface area contributed by atoms with Crippen LogP contribution in [0.1, 0.15) is 34.2 Å². The summed E-state index contributed by atoms with van der Waals surface area (Å²) in [5.41, 5.74) is 2.78. The summed E-state index contributed by atoms with van der Waals surface area (Å²) < 4.78 is 16.4. The molecule has 1 atom stereocenters. The number of carbonyl (C=O) groups excluding carboxylic acids is 1. The molecule has 33 heavy (non-hydrogen) atoms. The van der Waals surface area contributed by atoms with E-state index in [1.165, 1.54) is 13.2 Å². The van der Waals surface area contributed by atoms with Crippen molar-refractivity contribution in [1.29, 1.82) is 5.26 Å². The Morgan fingerprint density at radius 1 is 1.27 bits per heavy atom. The molecule has 0 aliphatic carbocycles. The highest BCUT2D eigenvalue weighted by Gasteiger charge is 2.17. The fourth-order valence-corrected chi connectivity index (χ4v) is 3.47. The molecule has 9 heteroatoms. The highest BCUT2D eigenvalue weighted by atomic mass is 35.5. The second-order valence-electron chi connectivity index (χ2n) is 7.05. The van der Waals surface area contributed by atoms with Crippen LogP contribution in [0.15, 0.2) is 47.0 Å². The van der Waals surface area contributed by atoms with Gasteiger partial charge in [0.05, 0.1) is 34.5 Å². The van der Waals surface area contributed by atoms with Gasteiger partial charge in [-0.2, -0.15) is 5.26 Å². The summed E-state index contributed by atoms with van der Waals surface area (Å²) in [6, 6.07) is 11.3. The quantitative estimate of drug-likeness (QED) is 0.418. The molecule has 0 bridgehead atoms. The largest absolute Gasteiger partial charge is 0.493 e. The number of rotatable bonds is 8. The molecule has 0 radical (unpaired) electrons. The number of hydrogen-bond acceptors (Lipinski definition) is 6. The minimum absolute atomic E-state index is 0.229. The molecule has 0 aliphatic rings. The second-order valence-corrected chi connectivity index (χ2v) is 7.83. The highest BCUT2D eigenvalue weighted by molar-refractivity contribution is 6.42. The first-order valence-corrected chi connectivity index (χ1v) is 10.6. The molecule has 0 fully saturated rings. The number of ether oxygens (including phenoxy) is 2. The van der Waals surface area contributed by atoms with Gasteiger partial charge in [0, 0.05) is 11.6 Å². The van der Waals surface area contributed by atoms with Gasteiger partial charge in [-0.25, -0.2) is 0 Å². The number of nitriles is 1. The molecule has 0 saturated carbocycles. The lowest BCUT2D eigenvalue weighted by atomic mass is 10.1. The summed E-state index contributed by atoms with van der Waals surface area (Å²) >= 11 is 12.2. The highest BCUT2D eigenvalue weighted by Crippen LogP contribution is 2.31. The number of amides is 1. The fourth-order valence-electron chi connectivity index (χ4n) is 3.05. The number of nitrogens with zero attached hydrogens (tertiary/aromatic N) is 2. The van der Waals surface area contributed by atoms with Crippen LogP contribution in [-0.2, 0) is 11.4 Å². The summed E-state index contributed by atoms with van der Waals surface area (Å²) in [5, 5.41) is 16.5. The Hall–Kier alpha value is -3.47. The topological polar surface area (TPSA) is 97.4 Å². The minimum Gasteiger partial charge on any atom is -0.493 e. The van der Waals surface area contributed by atoms with Crippen LogP contribution in [0, 0.1) is 25.2 Å². The first-order valence-electron chi connectivity index (χ1n) is 9.88. The molecule has 3 rings (SSSR count). The lowest BCUT2D eigenvalue weighted by Crippen LogP contribution is -2.26. The van der Waals surface area contributed by atoms with E-state index in [1.54, 1.807) is 42.5 Å². The zero-order valence-electron chi connectivity index (χ0n) is 18.2. The molecule has 1 aromatic heterocycles. The van der Waals surface area contributed by atoms with Crippen LogP contribution in [0.25, 0.3) is 6.08 Å². The van der Waals surface area contributed by atoms with Crippen molar-refractivity contribution in [3.05, 3.63) is 80.7 Å². The van der Waals surface area contributed by atoms with Crippen LogP contribution in [0.2, 0.25) is 10.0 Å². The number of benzene rings is 2. The number of aromatic nitrogens is 1. The number of nitrogens with one attached hydrogen (secondary N) is 1. The lowest BCUT2D eigenvalue weighted by Gasteiger charge is -2.13. The summed E-state index contributed by atoms with van der Waals surface area (Å²) in [6.07, 6.45) is 2.92. The zero-order valence-corrected chi connectivity index (χ0v) is 19.7.